The number of hydrogen-bond donors (Lipinski definition) is 11. The Kier molecular flexibility index (Phi) is 18.4. The lowest BCUT2D eigenvalue weighted by Crippen LogP contribution is -2.60. The third kappa shape index (κ3) is 14.1. The molecule has 18 nitrogen and oxygen atoms in total. The normalized spacial score (nSPS) is 14.6. The van der Waals surface area contributed by atoms with Gasteiger partial charge in [-0.15, -0.1) is 0 Å². The Morgan fingerprint density at radius 2 is 1.36 bits per heavy atom. The summed E-state index contributed by atoms with van der Waals surface area (Å²) < 4.78 is 0. The SMILES string of the molecule is CCCC[C@H](NC(=O)[C@H](N)CC(C)C)C(=O)N[C@H](Cc1c[nH]c2ccccc12)C(=O)N[C@@H](Cc1cnc[nH]1)C(=O)N[C@H](CO)C(=O)N[C@@H](CCCCN)C(=O)O. The zero-order valence-electron chi connectivity index (χ0n) is 32.3. The van der Waals surface area contributed by atoms with Crippen molar-refractivity contribution in [1.82, 2.24) is 41.5 Å². The molecular weight excluding hydrogens is 724 g/mol. The molecule has 56 heavy (non-hydrogen) atoms. The number of aromatic amines is 2. The molecule has 0 saturated heterocycles. The molecule has 0 radical (unpaired) electrons. The number of amides is 5. The fourth-order valence-corrected chi connectivity index (χ4v) is 6.16. The molecule has 5 amide bonds. The highest BCUT2D eigenvalue weighted by atomic mass is 16.4. The molecule has 0 unspecified atom stereocenters. The number of carboxylic acid groups (broad SMARTS) is 1. The van der Waals surface area contributed by atoms with E-state index in [1.807, 2.05) is 45.0 Å². The second-order valence-electron chi connectivity index (χ2n) is 14.3. The van der Waals surface area contributed by atoms with Gasteiger partial charge in [-0.05, 0) is 56.2 Å². The van der Waals surface area contributed by atoms with E-state index < -0.39 is 78.4 Å². The van der Waals surface area contributed by atoms with E-state index in [1.165, 1.54) is 12.5 Å². The lowest BCUT2D eigenvalue weighted by atomic mass is 10.0. The Bertz CT molecular complexity index is 1730. The van der Waals surface area contributed by atoms with Crippen molar-refractivity contribution < 1.29 is 39.0 Å². The summed E-state index contributed by atoms with van der Waals surface area (Å²) in [6.45, 7) is 5.28. The van der Waals surface area contributed by atoms with Crippen LogP contribution in [0.2, 0.25) is 0 Å². The van der Waals surface area contributed by atoms with Crippen LogP contribution < -0.4 is 38.1 Å². The van der Waals surface area contributed by atoms with Crippen molar-refractivity contribution in [3.05, 3.63) is 54.2 Å². The average Bonchev–Trinajstić information content (AvgIpc) is 3.84. The van der Waals surface area contributed by atoms with Crippen molar-refractivity contribution >= 4 is 46.4 Å². The van der Waals surface area contributed by atoms with Crippen molar-refractivity contribution in [3.8, 4) is 0 Å². The summed E-state index contributed by atoms with van der Waals surface area (Å²) in [5.41, 5.74) is 13.6. The van der Waals surface area contributed by atoms with Gasteiger partial charge in [0.25, 0.3) is 0 Å². The van der Waals surface area contributed by atoms with Gasteiger partial charge in [0.05, 0.1) is 19.0 Å². The number of nitrogens with zero attached hydrogens (tertiary/aromatic N) is 1. The van der Waals surface area contributed by atoms with Gasteiger partial charge >= 0.3 is 5.97 Å². The number of aliphatic hydroxyl groups excluding tert-OH is 1. The minimum Gasteiger partial charge on any atom is -0.480 e. The molecule has 13 N–H and O–H groups in total. The fraction of sp³-hybridized carbons (Fsp3) is 0.553. The molecule has 0 spiro atoms. The average molecular weight is 783 g/mol. The van der Waals surface area contributed by atoms with Crippen molar-refractivity contribution in [3.63, 3.8) is 0 Å². The van der Waals surface area contributed by atoms with Gasteiger partial charge in [0.1, 0.15) is 30.2 Å². The molecule has 0 aliphatic heterocycles. The second kappa shape index (κ2) is 22.9. The van der Waals surface area contributed by atoms with Crippen LogP contribution in [0.1, 0.15) is 77.0 Å². The van der Waals surface area contributed by atoms with Crippen LogP contribution >= 0.6 is 0 Å². The molecule has 2 heterocycles. The number of H-pyrrole nitrogens is 2. The van der Waals surface area contributed by atoms with E-state index in [-0.39, 0.29) is 31.6 Å². The van der Waals surface area contributed by atoms with Gasteiger partial charge in [0, 0.05) is 41.8 Å². The molecule has 3 rings (SSSR count). The molecule has 308 valence electrons. The number of nitrogens with one attached hydrogen (secondary N) is 7. The Morgan fingerprint density at radius 1 is 0.768 bits per heavy atom. The van der Waals surface area contributed by atoms with Crippen LogP contribution in [0.15, 0.2) is 43.0 Å². The standard InChI is InChI=1S/C38H58N10O8/c1-4-5-11-28(44-33(50)26(40)15-22(2)3)34(51)46-30(16-23-18-42-27-12-7-6-10-25(23)27)35(52)47-31(17-24-19-41-21-43-24)36(53)48-32(20-49)37(54)45-29(38(55)56)13-8-9-14-39/h6-7,10,12,18-19,21-22,26,28-32,42,49H,4-5,8-9,11,13-17,20,39-40H2,1-3H3,(H,41,43)(H,44,50)(H,45,54)(H,46,51)(H,47,52)(H,48,53)(H,55,56)/t26-,28+,29+,30-,31+,32-/m1/s1. The molecule has 1 aromatic carbocycles. The van der Waals surface area contributed by atoms with Gasteiger partial charge in [-0.25, -0.2) is 9.78 Å². The van der Waals surface area contributed by atoms with Crippen molar-refractivity contribution in [1.29, 1.82) is 0 Å². The second-order valence-corrected chi connectivity index (χ2v) is 14.3. The van der Waals surface area contributed by atoms with Gasteiger partial charge in [0.15, 0.2) is 0 Å². The number of carboxylic acids is 1. The summed E-state index contributed by atoms with van der Waals surface area (Å²) in [4.78, 5) is 89.9. The number of unbranched alkanes of at least 4 members (excludes halogenated alkanes) is 2. The number of imidazole rings is 1. The van der Waals surface area contributed by atoms with Crippen LogP contribution in [0.5, 0.6) is 0 Å². The number of nitrogens with two attached hydrogens (primary N) is 2. The monoisotopic (exact) mass is 782 g/mol. The van der Waals surface area contributed by atoms with E-state index in [4.69, 9.17) is 11.5 Å². The minimum absolute atomic E-state index is 0.0102. The fourth-order valence-electron chi connectivity index (χ4n) is 6.16. The van der Waals surface area contributed by atoms with Crippen LogP contribution in [-0.4, -0.2) is 110 Å². The third-order valence-corrected chi connectivity index (χ3v) is 9.26. The molecule has 0 fully saturated rings. The van der Waals surface area contributed by atoms with Crippen LogP contribution in [0.25, 0.3) is 10.9 Å². The highest BCUT2D eigenvalue weighted by molar-refractivity contribution is 5.97. The van der Waals surface area contributed by atoms with Gasteiger partial charge in [-0.3, -0.25) is 24.0 Å². The number of hydrogen-bond acceptors (Lipinski definition) is 10. The van der Waals surface area contributed by atoms with E-state index in [1.54, 1.807) is 6.20 Å². The topological polar surface area (TPSA) is 300 Å². The molecule has 2 aromatic heterocycles. The van der Waals surface area contributed by atoms with Crippen molar-refractivity contribution in [2.75, 3.05) is 13.2 Å². The maximum Gasteiger partial charge on any atom is 0.326 e. The van der Waals surface area contributed by atoms with E-state index >= 15 is 0 Å². The molecular formula is C38H58N10O8. The molecule has 3 aromatic rings. The predicted octanol–water partition coefficient (Wildman–Crippen LogP) is -0.130. The minimum atomic E-state index is -1.56. The Morgan fingerprint density at radius 3 is 1.96 bits per heavy atom. The first-order chi connectivity index (χ1) is 26.8. The lowest BCUT2D eigenvalue weighted by Gasteiger charge is -2.27. The summed E-state index contributed by atoms with van der Waals surface area (Å²) in [5, 5.41) is 33.5. The van der Waals surface area contributed by atoms with Gasteiger partial charge in [-0.2, -0.15) is 0 Å². The first kappa shape index (κ1) is 45.1. The highest BCUT2D eigenvalue weighted by Crippen LogP contribution is 2.20. The summed E-state index contributed by atoms with van der Waals surface area (Å²) in [6.07, 6.45) is 7.48. The number of carbonyl (C=O) groups excluding carboxylic acids is 5. The number of aliphatic hydroxyl groups is 1. The molecule has 0 aliphatic carbocycles. The zero-order chi connectivity index (χ0) is 41.2. The van der Waals surface area contributed by atoms with Crippen LogP contribution in [0.3, 0.4) is 0 Å². The Labute approximate surface area is 326 Å². The highest BCUT2D eigenvalue weighted by Gasteiger charge is 2.33. The smallest absolute Gasteiger partial charge is 0.326 e. The van der Waals surface area contributed by atoms with Crippen molar-refractivity contribution in [2.45, 2.75) is 115 Å². The number of benzene rings is 1. The zero-order valence-corrected chi connectivity index (χ0v) is 32.3. The number of rotatable bonds is 25. The van der Waals surface area contributed by atoms with E-state index in [0.29, 0.717) is 43.5 Å². The van der Waals surface area contributed by atoms with E-state index in [0.717, 1.165) is 17.3 Å². The van der Waals surface area contributed by atoms with Gasteiger partial charge < -0.3 is 58.2 Å². The summed E-state index contributed by atoms with van der Waals surface area (Å²) in [6, 6.07) is 0.0939. The number of aromatic nitrogens is 3. The number of carbonyl (C=O) groups is 6. The van der Waals surface area contributed by atoms with Gasteiger partial charge in [-0.1, -0.05) is 51.8 Å². The molecule has 0 aliphatic rings. The van der Waals surface area contributed by atoms with Crippen LogP contribution in [-0.2, 0) is 41.6 Å². The molecule has 0 saturated carbocycles. The Hall–Kier alpha value is -5.33. The number of aliphatic carboxylic acids is 1. The molecule has 6 atom stereocenters. The maximum absolute atomic E-state index is 14.3. The summed E-state index contributed by atoms with van der Waals surface area (Å²) >= 11 is 0. The number of para-hydroxylation sites is 1. The quantitative estimate of drug-likeness (QED) is 0.0503. The summed E-state index contributed by atoms with van der Waals surface area (Å²) in [7, 11) is 0. The Balaban J connectivity index is 1.90. The van der Waals surface area contributed by atoms with Crippen LogP contribution in [0, 0.1) is 5.92 Å². The van der Waals surface area contributed by atoms with Crippen LogP contribution in [0.4, 0.5) is 0 Å². The largest absolute Gasteiger partial charge is 0.480 e. The molecule has 0 bridgehead atoms. The number of fused-ring (bicyclic) bond motifs is 1. The first-order valence-corrected chi connectivity index (χ1v) is 19.1. The lowest BCUT2D eigenvalue weighted by molar-refractivity contribution is -0.142. The third-order valence-electron chi connectivity index (χ3n) is 9.26. The van der Waals surface area contributed by atoms with E-state index in [2.05, 4.69) is 41.5 Å². The van der Waals surface area contributed by atoms with Gasteiger partial charge in [0.2, 0.25) is 29.5 Å². The van der Waals surface area contributed by atoms with Crippen molar-refractivity contribution in [2.24, 2.45) is 17.4 Å². The summed E-state index contributed by atoms with van der Waals surface area (Å²) in [5.74, 6) is -4.82. The predicted molar refractivity (Wildman–Crippen MR) is 209 cm³/mol. The first-order valence-electron chi connectivity index (χ1n) is 19.1. The maximum atomic E-state index is 14.3. The van der Waals surface area contributed by atoms with E-state index in [9.17, 15) is 39.0 Å². The molecule has 18 heteroatoms.